The van der Waals surface area contributed by atoms with Crippen LogP contribution in [0.25, 0.3) is 98.0 Å². The van der Waals surface area contributed by atoms with Crippen LogP contribution >= 0.6 is 0 Å². The molecule has 0 aromatic heterocycles. The van der Waals surface area contributed by atoms with Gasteiger partial charge >= 0.3 is 0 Å². The molecule has 12 aromatic rings. The van der Waals surface area contributed by atoms with E-state index in [2.05, 4.69) is 103 Å². The first kappa shape index (κ1) is 24.8. The molecule has 1 heteroatoms. The summed E-state index contributed by atoms with van der Waals surface area (Å²) in [7, 11) is 0. The van der Waals surface area contributed by atoms with Crippen molar-refractivity contribution >= 4 is 81.7 Å². The molecule has 0 spiro atoms. The highest BCUT2D eigenvalue weighted by atomic mass is 15.1. The van der Waals surface area contributed by atoms with E-state index in [9.17, 15) is 0 Å². The minimum atomic E-state index is -0.454. The van der Waals surface area contributed by atoms with Gasteiger partial charge in [0.2, 0.25) is 0 Å². The summed E-state index contributed by atoms with van der Waals surface area (Å²) < 4.78 is 83.6. The predicted molar refractivity (Wildman–Crippen MR) is 254 cm³/mol. The van der Waals surface area contributed by atoms with Crippen molar-refractivity contribution < 1.29 is 13.7 Å². The van der Waals surface area contributed by atoms with E-state index in [1.807, 2.05) is 41.3 Å². The van der Waals surface area contributed by atoms with Crippen LogP contribution in [0.4, 0.5) is 17.1 Å². The lowest BCUT2D eigenvalue weighted by atomic mass is 9.86. The smallest absolute Gasteiger partial charge is 0.0629 e. The zero-order valence-electron chi connectivity index (χ0n) is 41.5. The molecule has 1 nitrogen and oxygen atoms in total. The number of anilines is 3. The minimum absolute atomic E-state index is 0.105. The monoisotopic (exact) mass is 757 g/mol. The Labute approximate surface area is 357 Å². The van der Waals surface area contributed by atoms with Crippen LogP contribution < -0.4 is 4.90 Å². The Morgan fingerprint density at radius 1 is 0.271 bits per heavy atom. The summed E-state index contributed by atoms with van der Waals surface area (Å²) in [5, 5.41) is 14.4. The van der Waals surface area contributed by atoms with E-state index in [-0.39, 0.29) is 35.3 Å². The quantitative estimate of drug-likeness (QED) is 0.153. The van der Waals surface area contributed by atoms with Gasteiger partial charge in [0.15, 0.2) is 0 Å². The maximum atomic E-state index is 8.60. The van der Waals surface area contributed by atoms with Gasteiger partial charge in [-0.3, -0.25) is 0 Å². The first-order valence-electron chi connectivity index (χ1n) is 24.6. The molecular weight excluding hydrogens is 711 g/mol. The van der Waals surface area contributed by atoms with Gasteiger partial charge in [-0.1, -0.05) is 176 Å². The summed E-state index contributed by atoms with van der Waals surface area (Å²) in [6.45, 7) is 0. The lowest BCUT2D eigenvalue weighted by Gasteiger charge is -2.26. The molecule has 0 unspecified atom stereocenters. The second-order valence-corrected chi connectivity index (χ2v) is 14.9. The third-order valence-electron chi connectivity index (χ3n) is 11.7. The Kier molecular flexibility index (Phi) is 5.65. The summed E-state index contributed by atoms with van der Waals surface area (Å²) in [6.07, 6.45) is 0. The highest BCUT2D eigenvalue weighted by molar-refractivity contribution is 6.37. The molecule has 0 N–H and O–H groups in total. The minimum Gasteiger partial charge on any atom is -0.311 e. The molecule has 274 valence electrons. The highest BCUT2D eigenvalue weighted by Crippen LogP contribution is 2.45. The molecule has 0 bridgehead atoms. The third kappa shape index (κ3) is 5.47. The maximum Gasteiger partial charge on any atom is 0.0629 e. The first-order valence-corrected chi connectivity index (χ1v) is 19.6. The number of fused-ring (bicyclic) bond motifs is 2. The summed E-state index contributed by atoms with van der Waals surface area (Å²) in [6, 6.07) is 52.2. The molecule has 0 atom stereocenters. The van der Waals surface area contributed by atoms with Crippen LogP contribution in [-0.4, -0.2) is 0 Å². The van der Waals surface area contributed by atoms with Gasteiger partial charge in [-0.2, -0.15) is 0 Å². The van der Waals surface area contributed by atoms with E-state index in [0.717, 1.165) is 27.6 Å². The van der Waals surface area contributed by atoms with Crippen LogP contribution in [0.2, 0.25) is 0 Å². The van der Waals surface area contributed by atoms with Gasteiger partial charge < -0.3 is 4.90 Å². The molecule has 0 radical (unpaired) electrons. The molecule has 0 aliphatic heterocycles. The molecule has 0 amide bonds. The van der Waals surface area contributed by atoms with E-state index >= 15 is 0 Å². The lowest BCUT2D eigenvalue weighted by Crippen LogP contribution is -2.09. The SMILES string of the molecule is [2H]c1c([2H])c([2H])c(-c2ccc(N(c3ccc(-c4cc5ccc6cccc7c8cccc9ccc%10cccc(c(c4)c5c67)c%10c98)cc3)c3ccc(-c4c([2H])c([2H])c([2H])c([2H])c4[2H])cc3)cc2)c([2H])c1[2H]. The average molecular weight is 758 g/mol. The topological polar surface area (TPSA) is 3.24 Å². The van der Waals surface area contributed by atoms with Crippen LogP contribution in [0.5, 0.6) is 0 Å². The molecule has 0 saturated carbocycles. The summed E-state index contributed by atoms with van der Waals surface area (Å²) in [5.41, 5.74) is 5.41. The van der Waals surface area contributed by atoms with Gasteiger partial charge in [-0.15, -0.1) is 0 Å². The highest BCUT2D eigenvalue weighted by Gasteiger charge is 2.18. The van der Waals surface area contributed by atoms with Gasteiger partial charge in [0, 0.05) is 17.1 Å². The van der Waals surface area contributed by atoms with Crippen molar-refractivity contribution in [1.82, 2.24) is 0 Å². The van der Waals surface area contributed by atoms with Gasteiger partial charge in [0.25, 0.3) is 0 Å². The van der Waals surface area contributed by atoms with Gasteiger partial charge in [0.05, 0.1) is 13.7 Å². The number of rotatable bonds is 6. The number of benzene rings is 11. The van der Waals surface area contributed by atoms with Crippen LogP contribution in [-0.2, 0) is 0 Å². The maximum absolute atomic E-state index is 8.60. The Bertz CT molecular complexity index is 3940. The van der Waals surface area contributed by atoms with Crippen molar-refractivity contribution in [2.75, 3.05) is 4.90 Å². The molecule has 12 rings (SSSR count). The predicted octanol–water partition coefficient (Wildman–Crippen LogP) is 16.5. The van der Waals surface area contributed by atoms with E-state index in [4.69, 9.17) is 13.7 Å². The second kappa shape index (κ2) is 13.4. The molecular formula is C58H37N. The summed E-state index contributed by atoms with van der Waals surface area (Å²) in [5.74, 6) is 0. The fraction of sp³-hybridized carbons (Fsp3) is 0. The summed E-state index contributed by atoms with van der Waals surface area (Å²) in [4.78, 5) is 2.02. The Morgan fingerprint density at radius 3 is 1.05 bits per heavy atom. The number of nitrogens with zero attached hydrogens (tertiary/aromatic N) is 1. The molecule has 59 heavy (non-hydrogen) atoms. The van der Waals surface area contributed by atoms with Gasteiger partial charge in [-0.05, 0) is 147 Å². The normalized spacial score (nSPS) is 14.1. The van der Waals surface area contributed by atoms with E-state index in [1.165, 1.54) is 53.9 Å². The van der Waals surface area contributed by atoms with Gasteiger partial charge in [0.1, 0.15) is 0 Å². The van der Waals surface area contributed by atoms with Crippen molar-refractivity contribution in [1.29, 1.82) is 0 Å². The Morgan fingerprint density at radius 2 is 0.627 bits per heavy atom. The standard InChI is InChI=1S/C58H37N/c1-3-10-38(11-4-1)40-24-30-48(31-25-40)59(49-32-26-41(27-33-49)39-12-5-2-6-13-39)50-34-28-42(29-35-50)47-36-46-23-22-45-15-8-18-52-51-17-7-14-43-20-21-44-16-9-19-53(57(44)55(43)51)54(37-47)58(46)56(45)52/h1-37H/i1D,2D,3D,4D,5D,6D,10D,11D,12D,13D. The largest absolute Gasteiger partial charge is 0.311 e. The zero-order valence-corrected chi connectivity index (χ0v) is 31.5. The molecule has 0 fully saturated rings. The second-order valence-electron chi connectivity index (χ2n) is 14.9. The van der Waals surface area contributed by atoms with Crippen LogP contribution in [0.3, 0.4) is 0 Å². The molecule has 0 aliphatic rings. The first-order chi connectivity index (χ1) is 33.4. The Hall–Kier alpha value is -7.74. The van der Waals surface area contributed by atoms with Crippen molar-refractivity contribution in [3.63, 3.8) is 0 Å². The van der Waals surface area contributed by atoms with Crippen LogP contribution in [0.15, 0.2) is 224 Å². The zero-order chi connectivity index (χ0) is 47.6. The van der Waals surface area contributed by atoms with Crippen molar-refractivity contribution in [3.05, 3.63) is 224 Å². The number of hydrogen-bond acceptors (Lipinski definition) is 1. The molecule has 0 aliphatic carbocycles. The van der Waals surface area contributed by atoms with Crippen molar-refractivity contribution in [3.8, 4) is 33.4 Å². The molecule has 12 aromatic carbocycles. The van der Waals surface area contributed by atoms with E-state index in [0.29, 0.717) is 22.5 Å². The molecule has 0 saturated heterocycles. The average Bonchev–Trinajstić information content (AvgIpc) is 3.38. The van der Waals surface area contributed by atoms with E-state index < -0.39 is 36.3 Å². The van der Waals surface area contributed by atoms with Crippen molar-refractivity contribution in [2.24, 2.45) is 0 Å². The van der Waals surface area contributed by atoms with Crippen LogP contribution in [0, 0.1) is 0 Å². The Balaban J connectivity index is 1.02. The molecule has 0 heterocycles. The van der Waals surface area contributed by atoms with Crippen LogP contribution in [0.1, 0.15) is 13.7 Å². The number of hydrogen-bond donors (Lipinski definition) is 0. The van der Waals surface area contributed by atoms with Gasteiger partial charge in [-0.25, -0.2) is 0 Å². The third-order valence-corrected chi connectivity index (χ3v) is 11.7. The lowest BCUT2D eigenvalue weighted by molar-refractivity contribution is 1.28. The fourth-order valence-corrected chi connectivity index (χ4v) is 9.04. The summed E-state index contributed by atoms with van der Waals surface area (Å²) >= 11 is 0. The van der Waals surface area contributed by atoms with Crippen molar-refractivity contribution in [2.45, 2.75) is 0 Å². The fourth-order valence-electron chi connectivity index (χ4n) is 9.04. The van der Waals surface area contributed by atoms with E-state index in [1.54, 1.807) is 24.3 Å².